The number of hydrazone groups is 1. The summed E-state index contributed by atoms with van der Waals surface area (Å²) >= 11 is 5.81. The van der Waals surface area contributed by atoms with E-state index in [0.29, 0.717) is 22.1 Å². The molecule has 0 bridgehead atoms. The van der Waals surface area contributed by atoms with Gasteiger partial charge >= 0.3 is 0 Å². The minimum absolute atomic E-state index is 0.324. The van der Waals surface area contributed by atoms with Crippen LogP contribution in [0.25, 0.3) is 5.76 Å². The minimum Gasteiger partial charge on any atom is -0.453 e. The molecule has 0 unspecified atom stereocenters. The van der Waals surface area contributed by atoms with Gasteiger partial charge in [0.15, 0.2) is 0 Å². The number of rotatable bonds is 4. The van der Waals surface area contributed by atoms with Crippen LogP contribution in [0.2, 0.25) is 5.02 Å². The third-order valence-electron chi connectivity index (χ3n) is 3.64. The number of carbonyl (C=O) groups excluding carboxylic acids is 1. The highest BCUT2D eigenvalue weighted by molar-refractivity contribution is 6.30. The number of carbonyl (C=O) groups is 1. The lowest BCUT2D eigenvalue weighted by Gasteiger charge is -2.33. The van der Waals surface area contributed by atoms with Crippen LogP contribution in [0, 0.1) is 0 Å². The van der Waals surface area contributed by atoms with Crippen LogP contribution in [0.5, 0.6) is 0 Å². The normalized spacial score (nSPS) is 17.1. The molecule has 2 aromatic rings. The van der Waals surface area contributed by atoms with Gasteiger partial charge in [0.2, 0.25) is 5.79 Å². The van der Waals surface area contributed by atoms with Gasteiger partial charge in [0.25, 0.3) is 5.91 Å². The summed E-state index contributed by atoms with van der Waals surface area (Å²) in [5.41, 5.74) is 3.88. The standard InChI is InChI=1S/C21H19ClN2O3/c1-21(2)26-18(14-19(27-21)15-6-4-3-5-7-15)12-13-23-24-20(25)16-8-10-17(22)11-9-16/h3-14H,1-2H3,(H,24,25)/b18-12-,23-13+. The fourth-order valence-corrected chi connectivity index (χ4v) is 2.58. The van der Waals surface area contributed by atoms with Gasteiger partial charge in [0.1, 0.15) is 11.5 Å². The van der Waals surface area contributed by atoms with Crippen molar-refractivity contribution in [3.8, 4) is 0 Å². The van der Waals surface area contributed by atoms with E-state index in [4.69, 9.17) is 21.1 Å². The number of ether oxygens (including phenoxy) is 2. The number of hydrogen-bond donors (Lipinski definition) is 1. The van der Waals surface area contributed by atoms with Crippen LogP contribution in [-0.2, 0) is 9.47 Å². The van der Waals surface area contributed by atoms with E-state index >= 15 is 0 Å². The lowest BCUT2D eigenvalue weighted by Crippen LogP contribution is -2.30. The van der Waals surface area contributed by atoms with E-state index in [-0.39, 0.29) is 5.91 Å². The molecule has 1 N–H and O–H groups in total. The fourth-order valence-electron chi connectivity index (χ4n) is 2.46. The van der Waals surface area contributed by atoms with Crippen LogP contribution in [0.15, 0.2) is 77.6 Å². The highest BCUT2D eigenvalue weighted by Crippen LogP contribution is 2.32. The molecule has 6 heteroatoms. The molecule has 0 aromatic heterocycles. The molecule has 0 aliphatic carbocycles. The smallest absolute Gasteiger partial charge is 0.271 e. The summed E-state index contributed by atoms with van der Waals surface area (Å²) in [5.74, 6) is 0.146. The van der Waals surface area contributed by atoms with E-state index in [0.717, 1.165) is 5.56 Å². The average Bonchev–Trinajstić information content (AvgIpc) is 2.65. The van der Waals surface area contributed by atoms with Crippen molar-refractivity contribution < 1.29 is 14.3 Å². The Balaban J connectivity index is 1.70. The second kappa shape index (κ2) is 8.10. The molecule has 27 heavy (non-hydrogen) atoms. The van der Waals surface area contributed by atoms with E-state index in [1.807, 2.05) is 44.2 Å². The van der Waals surface area contributed by atoms with Crippen molar-refractivity contribution in [1.82, 2.24) is 5.43 Å². The van der Waals surface area contributed by atoms with Gasteiger partial charge in [-0.3, -0.25) is 4.79 Å². The van der Waals surface area contributed by atoms with Gasteiger partial charge in [-0.1, -0.05) is 41.9 Å². The maximum atomic E-state index is 12.0. The first-order chi connectivity index (χ1) is 12.9. The predicted octanol–water partition coefficient (Wildman–Crippen LogP) is 4.76. The molecular formula is C21H19ClN2O3. The Labute approximate surface area is 162 Å². The summed E-state index contributed by atoms with van der Waals surface area (Å²) in [5, 5.41) is 4.50. The Bertz CT molecular complexity index is 901. The number of halogens is 1. The van der Waals surface area contributed by atoms with E-state index in [1.165, 1.54) is 6.21 Å². The van der Waals surface area contributed by atoms with Crippen LogP contribution in [0.4, 0.5) is 0 Å². The summed E-state index contributed by atoms with van der Waals surface area (Å²) < 4.78 is 11.6. The number of allylic oxidation sites excluding steroid dienone is 2. The van der Waals surface area contributed by atoms with E-state index in [9.17, 15) is 4.79 Å². The van der Waals surface area contributed by atoms with Crippen molar-refractivity contribution in [3.05, 3.63) is 88.7 Å². The molecule has 138 valence electrons. The molecule has 1 amide bonds. The zero-order valence-electron chi connectivity index (χ0n) is 15.0. The lowest BCUT2D eigenvalue weighted by atomic mass is 10.1. The largest absolute Gasteiger partial charge is 0.453 e. The van der Waals surface area contributed by atoms with Crippen molar-refractivity contribution >= 4 is 29.5 Å². The molecule has 5 nitrogen and oxygen atoms in total. The third-order valence-corrected chi connectivity index (χ3v) is 3.89. The molecule has 0 spiro atoms. The zero-order chi connectivity index (χ0) is 19.3. The first-order valence-electron chi connectivity index (χ1n) is 8.37. The summed E-state index contributed by atoms with van der Waals surface area (Å²) in [6.07, 6.45) is 4.91. The summed E-state index contributed by atoms with van der Waals surface area (Å²) in [6, 6.07) is 16.3. The summed E-state index contributed by atoms with van der Waals surface area (Å²) in [7, 11) is 0. The topological polar surface area (TPSA) is 59.9 Å². The van der Waals surface area contributed by atoms with Gasteiger partial charge < -0.3 is 9.47 Å². The molecule has 1 heterocycles. The van der Waals surface area contributed by atoms with Gasteiger partial charge in [-0.25, -0.2) is 5.43 Å². The fraction of sp³-hybridized carbons (Fsp3) is 0.143. The Hall–Kier alpha value is -3.05. The molecule has 0 saturated carbocycles. The molecule has 0 radical (unpaired) electrons. The number of nitrogens with zero attached hydrogens (tertiary/aromatic N) is 1. The van der Waals surface area contributed by atoms with Crippen molar-refractivity contribution in [2.24, 2.45) is 5.10 Å². The van der Waals surface area contributed by atoms with Crippen LogP contribution in [-0.4, -0.2) is 17.9 Å². The summed E-state index contributed by atoms with van der Waals surface area (Å²) in [4.78, 5) is 12.0. The molecule has 1 aliphatic rings. The van der Waals surface area contributed by atoms with Crippen LogP contribution >= 0.6 is 11.6 Å². The van der Waals surface area contributed by atoms with Gasteiger partial charge in [-0.2, -0.15) is 5.10 Å². The van der Waals surface area contributed by atoms with Crippen molar-refractivity contribution in [1.29, 1.82) is 0 Å². The summed E-state index contributed by atoms with van der Waals surface area (Å²) in [6.45, 7) is 3.66. The first kappa shape index (κ1) is 18.7. The number of benzene rings is 2. The lowest BCUT2D eigenvalue weighted by molar-refractivity contribution is -0.149. The monoisotopic (exact) mass is 382 g/mol. The number of hydrogen-bond acceptors (Lipinski definition) is 4. The highest BCUT2D eigenvalue weighted by atomic mass is 35.5. The molecule has 0 fully saturated rings. The minimum atomic E-state index is -0.813. The Morgan fingerprint density at radius 2 is 1.78 bits per heavy atom. The third kappa shape index (κ3) is 5.21. The molecule has 2 aromatic carbocycles. The van der Waals surface area contributed by atoms with E-state index < -0.39 is 5.79 Å². The maximum absolute atomic E-state index is 12.0. The first-order valence-corrected chi connectivity index (χ1v) is 8.75. The van der Waals surface area contributed by atoms with Crippen LogP contribution < -0.4 is 5.43 Å². The molecule has 1 aliphatic heterocycles. The Morgan fingerprint density at radius 1 is 1.07 bits per heavy atom. The van der Waals surface area contributed by atoms with Crippen molar-refractivity contribution in [3.63, 3.8) is 0 Å². The molecule has 3 rings (SSSR count). The second-order valence-electron chi connectivity index (χ2n) is 6.27. The van der Waals surface area contributed by atoms with Crippen molar-refractivity contribution in [2.45, 2.75) is 19.6 Å². The molecule has 0 atom stereocenters. The number of amides is 1. The second-order valence-corrected chi connectivity index (χ2v) is 6.71. The van der Waals surface area contributed by atoms with Gasteiger partial charge in [-0.15, -0.1) is 0 Å². The van der Waals surface area contributed by atoms with E-state index in [2.05, 4.69) is 10.5 Å². The number of nitrogens with one attached hydrogen (secondary N) is 1. The highest BCUT2D eigenvalue weighted by Gasteiger charge is 2.28. The SMILES string of the molecule is CC1(C)OC(c2ccccc2)=C/C(=C/C=N/NC(=O)c2ccc(Cl)cc2)O1. The zero-order valence-corrected chi connectivity index (χ0v) is 15.7. The maximum Gasteiger partial charge on any atom is 0.271 e. The molecule has 0 saturated heterocycles. The average molecular weight is 383 g/mol. The quantitative estimate of drug-likeness (QED) is 0.612. The van der Waals surface area contributed by atoms with Crippen LogP contribution in [0.3, 0.4) is 0 Å². The molecular weight excluding hydrogens is 364 g/mol. The van der Waals surface area contributed by atoms with Gasteiger partial charge in [-0.05, 0) is 24.3 Å². The van der Waals surface area contributed by atoms with Crippen molar-refractivity contribution in [2.75, 3.05) is 0 Å². The van der Waals surface area contributed by atoms with Gasteiger partial charge in [0.05, 0.1) is 6.21 Å². The van der Waals surface area contributed by atoms with Crippen LogP contribution in [0.1, 0.15) is 29.8 Å². The Kier molecular flexibility index (Phi) is 5.62. The predicted molar refractivity (Wildman–Crippen MR) is 106 cm³/mol. The van der Waals surface area contributed by atoms with Gasteiger partial charge in [0, 0.05) is 42.1 Å². The van der Waals surface area contributed by atoms with E-state index in [1.54, 1.807) is 36.4 Å². The Morgan fingerprint density at radius 3 is 2.48 bits per heavy atom.